The molecule has 1 heterocycles. The van der Waals surface area contributed by atoms with E-state index < -0.39 is 0 Å². The Morgan fingerprint density at radius 3 is 2.78 bits per heavy atom. The highest BCUT2D eigenvalue weighted by atomic mass is 79.9. The van der Waals surface area contributed by atoms with E-state index in [2.05, 4.69) is 35.1 Å². The molecule has 98 valence electrons. The van der Waals surface area contributed by atoms with E-state index in [4.69, 9.17) is 4.42 Å². The zero-order valence-corrected chi connectivity index (χ0v) is 12.2. The number of furan rings is 1. The summed E-state index contributed by atoms with van der Waals surface area (Å²) in [5.74, 6) is 0.614. The van der Waals surface area contributed by atoms with Crippen molar-refractivity contribution >= 4 is 26.9 Å². The number of fused-ring (bicyclic) bond motifs is 1. The van der Waals surface area contributed by atoms with E-state index in [0.717, 1.165) is 30.5 Å². The number of rotatable bonds is 5. The molecule has 0 aliphatic heterocycles. The summed E-state index contributed by atoms with van der Waals surface area (Å²) in [6, 6.07) is 5.03. The average molecular weight is 314 g/mol. The lowest BCUT2D eigenvalue weighted by Crippen LogP contribution is -2.20. The molecule has 0 radical (unpaired) electrons. The van der Waals surface area contributed by atoms with Crippen LogP contribution in [0.3, 0.4) is 0 Å². The minimum Gasteiger partial charge on any atom is -0.458 e. The first-order valence-corrected chi connectivity index (χ1v) is 7.06. The number of halogens is 2. The minimum atomic E-state index is -0.253. The van der Waals surface area contributed by atoms with Crippen molar-refractivity contribution in [2.24, 2.45) is 0 Å². The van der Waals surface area contributed by atoms with E-state index in [1.807, 2.05) is 6.07 Å². The third-order valence-electron chi connectivity index (χ3n) is 2.95. The smallest absolute Gasteiger partial charge is 0.148 e. The first kappa shape index (κ1) is 13.6. The Morgan fingerprint density at radius 2 is 2.11 bits per heavy atom. The fraction of sp³-hybridized carbons (Fsp3) is 0.429. The predicted molar refractivity (Wildman–Crippen MR) is 75.2 cm³/mol. The summed E-state index contributed by atoms with van der Waals surface area (Å²) in [6.45, 7) is 5.19. The number of hydrogen-bond donors (Lipinski definition) is 1. The highest BCUT2D eigenvalue weighted by Crippen LogP contribution is 2.31. The molecule has 18 heavy (non-hydrogen) atoms. The quantitative estimate of drug-likeness (QED) is 0.859. The molecule has 0 bridgehead atoms. The summed E-state index contributed by atoms with van der Waals surface area (Å²) in [5, 5.41) is 4.23. The van der Waals surface area contributed by atoms with Gasteiger partial charge in [-0.15, -0.1) is 0 Å². The van der Waals surface area contributed by atoms with Gasteiger partial charge in [-0.25, -0.2) is 4.39 Å². The van der Waals surface area contributed by atoms with Crippen LogP contribution in [-0.2, 0) is 0 Å². The maximum atomic E-state index is 13.3. The lowest BCUT2D eigenvalue weighted by molar-refractivity contribution is 0.420. The molecular weight excluding hydrogens is 297 g/mol. The normalized spacial score (nSPS) is 13.1. The molecular formula is C14H17BrFNO. The van der Waals surface area contributed by atoms with Gasteiger partial charge in [-0.2, -0.15) is 0 Å². The van der Waals surface area contributed by atoms with Crippen molar-refractivity contribution in [3.05, 3.63) is 34.2 Å². The van der Waals surface area contributed by atoms with Crippen molar-refractivity contribution in [3.63, 3.8) is 0 Å². The zero-order chi connectivity index (χ0) is 13.1. The third kappa shape index (κ3) is 2.75. The van der Waals surface area contributed by atoms with Crippen molar-refractivity contribution in [3.8, 4) is 0 Å². The minimum absolute atomic E-state index is 0.187. The molecule has 0 fully saturated rings. The van der Waals surface area contributed by atoms with Crippen LogP contribution in [-0.4, -0.2) is 6.54 Å². The molecule has 1 unspecified atom stereocenters. The molecule has 1 aromatic carbocycles. The molecule has 1 aromatic heterocycles. The Morgan fingerprint density at radius 1 is 1.33 bits per heavy atom. The van der Waals surface area contributed by atoms with Crippen LogP contribution >= 0.6 is 15.9 Å². The Labute approximate surface area is 115 Å². The second-order valence-electron chi connectivity index (χ2n) is 4.37. The van der Waals surface area contributed by atoms with Crippen molar-refractivity contribution < 1.29 is 8.81 Å². The van der Waals surface area contributed by atoms with Gasteiger partial charge in [0, 0.05) is 5.39 Å². The van der Waals surface area contributed by atoms with Gasteiger partial charge >= 0.3 is 0 Å². The molecule has 0 saturated carbocycles. The van der Waals surface area contributed by atoms with E-state index in [1.54, 1.807) is 0 Å². The number of hydrogen-bond acceptors (Lipinski definition) is 2. The van der Waals surface area contributed by atoms with E-state index in [1.165, 1.54) is 12.1 Å². The Balaban J connectivity index is 2.36. The molecule has 0 aliphatic carbocycles. The lowest BCUT2D eigenvalue weighted by Gasteiger charge is -2.13. The monoisotopic (exact) mass is 313 g/mol. The first-order valence-electron chi connectivity index (χ1n) is 6.27. The second kappa shape index (κ2) is 5.85. The van der Waals surface area contributed by atoms with Gasteiger partial charge in [-0.05, 0) is 53.5 Å². The van der Waals surface area contributed by atoms with Crippen LogP contribution in [0.5, 0.6) is 0 Å². The number of nitrogens with one attached hydrogen (secondary N) is 1. The van der Waals surface area contributed by atoms with Crippen molar-refractivity contribution in [1.82, 2.24) is 5.32 Å². The fourth-order valence-corrected chi connectivity index (χ4v) is 2.56. The highest BCUT2D eigenvalue weighted by Gasteiger charge is 2.15. The Hall–Kier alpha value is -0.870. The molecule has 0 saturated heterocycles. The van der Waals surface area contributed by atoms with Gasteiger partial charge in [-0.1, -0.05) is 13.8 Å². The molecule has 2 aromatic rings. The summed E-state index contributed by atoms with van der Waals surface area (Å²) in [6.07, 6.45) is 2.02. The first-order chi connectivity index (χ1) is 8.65. The van der Waals surface area contributed by atoms with Gasteiger partial charge in [0.05, 0.1) is 10.5 Å². The highest BCUT2D eigenvalue weighted by molar-refractivity contribution is 9.10. The molecule has 2 nitrogen and oxygen atoms in total. The second-order valence-corrected chi connectivity index (χ2v) is 5.22. The predicted octanol–water partition coefficient (Wildman–Crippen LogP) is 4.79. The molecule has 0 aliphatic rings. The van der Waals surface area contributed by atoms with Crippen LogP contribution in [0.4, 0.5) is 4.39 Å². The van der Waals surface area contributed by atoms with Crippen molar-refractivity contribution in [2.75, 3.05) is 6.54 Å². The van der Waals surface area contributed by atoms with Crippen LogP contribution in [0.1, 0.15) is 38.5 Å². The van der Waals surface area contributed by atoms with Crippen molar-refractivity contribution in [1.29, 1.82) is 0 Å². The summed E-state index contributed by atoms with van der Waals surface area (Å²) in [7, 11) is 0. The van der Waals surface area contributed by atoms with Gasteiger partial charge in [0.2, 0.25) is 0 Å². The summed E-state index contributed by atoms with van der Waals surface area (Å²) >= 11 is 3.33. The van der Waals surface area contributed by atoms with Crippen LogP contribution in [0, 0.1) is 5.82 Å². The lowest BCUT2D eigenvalue weighted by atomic mass is 10.1. The van der Waals surface area contributed by atoms with Crippen LogP contribution < -0.4 is 5.32 Å². The van der Waals surface area contributed by atoms with Crippen molar-refractivity contribution in [2.45, 2.75) is 32.7 Å². The van der Waals surface area contributed by atoms with Crippen LogP contribution in [0.15, 0.2) is 27.1 Å². The topological polar surface area (TPSA) is 25.2 Å². The summed E-state index contributed by atoms with van der Waals surface area (Å²) in [4.78, 5) is 0. The van der Waals surface area contributed by atoms with E-state index in [0.29, 0.717) is 10.1 Å². The zero-order valence-electron chi connectivity index (χ0n) is 10.6. The maximum Gasteiger partial charge on any atom is 0.148 e. The maximum absolute atomic E-state index is 13.3. The molecule has 4 heteroatoms. The number of benzene rings is 1. The molecule has 2 rings (SSSR count). The summed E-state index contributed by atoms with van der Waals surface area (Å²) < 4.78 is 19.8. The molecule has 1 N–H and O–H groups in total. The average Bonchev–Trinajstić information content (AvgIpc) is 2.74. The Kier molecular flexibility index (Phi) is 4.40. The van der Waals surface area contributed by atoms with Gasteiger partial charge in [0.25, 0.3) is 0 Å². The van der Waals surface area contributed by atoms with Crippen LogP contribution in [0.2, 0.25) is 0 Å². The largest absolute Gasteiger partial charge is 0.458 e. The SMILES string of the molecule is CCCNC(CC)c1cc2cc(F)cc(Br)c2o1. The molecule has 0 amide bonds. The third-order valence-corrected chi connectivity index (χ3v) is 3.54. The fourth-order valence-electron chi connectivity index (χ4n) is 2.03. The molecule has 0 spiro atoms. The van der Waals surface area contributed by atoms with Gasteiger partial charge in [0.1, 0.15) is 17.2 Å². The van der Waals surface area contributed by atoms with Gasteiger partial charge in [-0.3, -0.25) is 0 Å². The van der Waals surface area contributed by atoms with Gasteiger partial charge in [0.15, 0.2) is 0 Å². The Bertz CT molecular complexity index is 538. The van der Waals surface area contributed by atoms with E-state index >= 15 is 0 Å². The summed E-state index contributed by atoms with van der Waals surface area (Å²) in [5.41, 5.74) is 0.711. The standard InChI is InChI=1S/C14H17BrFNO/c1-3-5-17-12(4-2)13-7-9-6-10(16)8-11(15)14(9)18-13/h6-8,12,17H,3-5H2,1-2H3. The van der Waals surface area contributed by atoms with Gasteiger partial charge < -0.3 is 9.73 Å². The molecule has 1 atom stereocenters. The van der Waals surface area contributed by atoms with Crippen LogP contribution in [0.25, 0.3) is 11.0 Å². The van der Waals surface area contributed by atoms with E-state index in [-0.39, 0.29) is 11.9 Å². The van der Waals surface area contributed by atoms with E-state index in [9.17, 15) is 4.39 Å².